The Morgan fingerprint density at radius 3 is 2.29 bits per heavy atom. The molecule has 1 amide bonds. The number of ether oxygens (including phenoxy) is 1. The summed E-state index contributed by atoms with van der Waals surface area (Å²) in [5, 5.41) is 19.4. The number of guanidine groups is 1. The van der Waals surface area contributed by atoms with Crippen molar-refractivity contribution in [3.63, 3.8) is 0 Å². The molecular formula is C20H35IN4O3. The number of aliphatic hydroxyl groups excluding tert-OH is 1. The Balaban J connectivity index is 0.00000729. The van der Waals surface area contributed by atoms with E-state index in [0.29, 0.717) is 12.5 Å². The summed E-state index contributed by atoms with van der Waals surface area (Å²) in [7, 11) is 0. The van der Waals surface area contributed by atoms with Gasteiger partial charge < -0.3 is 25.8 Å². The van der Waals surface area contributed by atoms with Gasteiger partial charge in [0.1, 0.15) is 12.3 Å². The molecule has 1 atom stereocenters. The van der Waals surface area contributed by atoms with Gasteiger partial charge in [0.2, 0.25) is 5.91 Å². The van der Waals surface area contributed by atoms with Crippen LogP contribution in [0.1, 0.15) is 53.2 Å². The van der Waals surface area contributed by atoms with E-state index in [0.717, 1.165) is 11.3 Å². The number of benzene rings is 1. The Bertz CT molecular complexity index is 613. The smallest absolute Gasteiger partial charge is 0.242 e. The van der Waals surface area contributed by atoms with Crippen molar-refractivity contribution in [2.75, 3.05) is 19.6 Å². The molecule has 0 radical (unpaired) electrons. The first-order valence-corrected chi connectivity index (χ1v) is 9.38. The van der Waals surface area contributed by atoms with Gasteiger partial charge in [-0.15, -0.1) is 24.0 Å². The molecule has 0 spiro atoms. The first-order chi connectivity index (χ1) is 12.6. The lowest BCUT2D eigenvalue weighted by Crippen LogP contribution is -2.43. The van der Waals surface area contributed by atoms with Crippen LogP contribution in [0.2, 0.25) is 0 Å². The van der Waals surface area contributed by atoms with Crippen molar-refractivity contribution in [3.05, 3.63) is 29.8 Å². The van der Waals surface area contributed by atoms with Crippen molar-refractivity contribution in [1.29, 1.82) is 0 Å². The van der Waals surface area contributed by atoms with E-state index in [4.69, 9.17) is 4.74 Å². The number of carbonyl (C=O) groups is 1. The lowest BCUT2D eigenvalue weighted by Gasteiger charge is -2.20. The summed E-state index contributed by atoms with van der Waals surface area (Å²) in [6, 6.07) is 7.36. The topological polar surface area (TPSA) is 95.0 Å². The standard InChI is InChI=1S/C20H34N4O3.HI/c1-7-21-19(23-13-18(26)24-20(4,5)6)22-12-17(25)15-8-10-16(11-9-15)27-14(2)3;/h8-11,14,17,25H,7,12-13H2,1-6H3,(H,24,26)(H2,21,22,23);1H. The molecule has 4 N–H and O–H groups in total. The highest BCUT2D eigenvalue weighted by atomic mass is 127. The minimum Gasteiger partial charge on any atom is -0.491 e. The monoisotopic (exact) mass is 506 g/mol. The summed E-state index contributed by atoms with van der Waals surface area (Å²) < 4.78 is 5.60. The van der Waals surface area contributed by atoms with Crippen LogP contribution >= 0.6 is 24.0 Å². The maximum atomic E-state index is 11.9. The quantitative estimate of drug-likeness (QED) is 0.247. The van der Waals surface area contributed by atoms with Gasteiger partial charge in [-0.2, -0.15) is 0 Å². The van der Waals surface area contributed by atoms with Gasteiger partial charge in [-0.1, -0.05) is 12.1 Å². The number of amides is 1. The van der Waals surface area contributed by atoms with Gasteiger partial charge >= 0.3 is 0 Å². The number of hydrogen-bond acceptors (Lipinski definition) is 4. The average molecular weight is 506 g/mol. The van der Waals surface area contributed by atoms with Crippen molar-refractivity contribution in [1.82, 2.24) is 16.0 Å². The molecule has 1 aromatic carbocycles. The van der Waals surface area contributed by atoms with Crippen molar-refractivity contribution in [3.8, 4) is 5.75 Å². The van der Waals surface area contributed by atoms with E-state index >= 15 is 0 Å². The molecule has 0 saturated carbocycles. The maximum Gasteiger partial charge on any atom is 0.242 e. The van der Waals surface area contributed by atoms with Crippen molar-refractivity contribution in [2.45, 2.75) is 59.3 Å². The van der Waals surface area contributed by atoms with Crippen LogP contribution in [-0.4, -0.2) is 48.3 Å². The molecule has 0 bridgehead atoms. The highest BCUT2D eigenvalue weighted by Crippen LogP contribution is 2.18. The fourth-order valence-corrected chi connectivity index (χ4v) is 2.30. The van der Waals surface area contributed by atoms with Gasteiger partial charge in [0.15, 0.2) is 5.96 Å². The Morgan fingerprint density at radius 2 is 1.79 bits per heavy atom. The second-order valence-electron chi connectivity index (χ2n) is 7.63. The Hall–Kier alpha value is -1.55. The van der Waals surface area contributed by atoms with Crippen molar-refractivity contribution in [2.24, 2.45) is 4.99 Å². The zero-order valence-electron chi connectivity index (χ0n) is 17.7. The van der Waals surface area contributed by atoms with Crippen LogP contribution in [0, 0.1) is 0 Å². The van der Waals surface area contributed by atoms with Crippen molar-refractivity contribution >= 4 is 35.8 Å². The minimum absolute atomic E-state index is 0. The van der Waals surface area contributed by atoms with E-state index in [9.17, 15) is 9.90 Å². The van der Waals surface area contributed by atoms with E-state index in [1.807, 2.05) is 65.8 Å². The van der Waals surface area contributed by atoms with E-state index in [2.05, 4.69) is 20.9 Å². The van der Waals surface area contributed by atoms with Crippen LogP contribution in [0.3, 0.4) is 0 Å². The second kappa shape index (κ2) is 12.8. The summed E-state index contributed by atoms with van der Waals surface area (Å²) >= 11 is 0. The second-order valence-corrected chi connectivity index (χ2v) is 7.63. The SMILES string of the molecule is CCNC(=NCC(=O)NC(C)(C)C)NCC(O)c1ccc(OC(C)C)cc1.I. The number of carbonyl (C=O) groups excluding carboxylic acids is 1. The molecule has 1 unspecified atom stereocenters. The molecule has 0 heterocycles. The molecule has 0 aliphatic carbocycles. The molecule has 0 saturated heterocycles. The molecule has 160 valence electrons. The summed E-state index contributed by atoms with van der Waals surface area (Å²) in [5.74, 6) is 1.11. The minimum atomic E-state index is -0.703. The third-order valence-electron chi connectivity index (χ3n) is 3.34. The molecule has 0 aromatic heterocycles. The number of halogens is 1. The first-order valence-electron chi connectivity index (χ1n) is 9.38. The van der Waals surface area contributed by atoms with Gasteiger partial charge in [-0.3, -0.25) is 4.79 Å². The third kappa shape index (κ3) is 11.3. The number of nitrogens with one attached hydrogen (secondary N) is 3. The molecule has 28 heavy (non-hydrogen) atoms. The summed E-state index contributed by atoms with van der Waals surface area (Å²) in [6.07, 6.45) is -0.595. The predicted molar refractivity (Wildman–Crippen MR) is 124 cm³/mol. The maximum absolute atomic E-state index is 11.9. The summed E-state index contributed by atoms with van der Waals surface area (Å²) in [6.45, 7) is 12.6. The highest BCUT2D eigenvalue weighted by Gasteiger charge is 2.14. The van der Waals surface area contributed by atoms with Crippen LogP contribution in [0.4, 0.5) is 0 Å². The molecule has 8 heteroatoms. The van der Waals surface area contributed by atoms with E-state index in [1.54, 1.807) is 0 Å². The van der Waals surface area contributed by atoms with Gasteiger partial charge in [0, 0.05) is 18.6 Å². The van der Waals surface area contributed by atoms with Gasteiger partial charge in [-0.05, 0) is 59.2 Å². The number of rotatable bonds is 8. The number of hydrogen-bond donors (Lipinski definition) is 4. The fourth-order valence-electron chi connectivity index (χ4n) is 2.30. The van der Waals surface area contributed by atoms with Crippen LogP contribution in [0.15, 0.2) is 29.3 Å². The van der Waals surface area contributed by atoms with Crippen molar-refractivity contribution < 1.29 is 14.6 Å². The first kappa shape index (κ1) is 26.4. The zero-order chi connectivity index (χ0) is 20.4. The Morgan fingerprint density at radius 1 is 1.18 bits per heavy atom. The van der Waals surface area contributed by atoms with Crippen LogP contribution in [-0.2, 0) is 4.79 Å². The molecule has 0 fully saturated rings. The molecule has 0 aliphatic rings. The predicted octanol–water partition coefficient (Wildman–Crippen LogP) is 2.60. The molecule has 0 aliphatic heterocycles. The molecule has 1 rings (SSSR count). The fraction of sp³-hybridized carbons (Fsp3) is 0.600. The third-order valence-corrected chi connectivity index (χ3v) is 3.34. The molecule has 7 nitrogen and oxygen atoms in total. The van der Waals surface area contributed by atoms with Gasteiger partial charge in [0.05, 0.1) is 12.2 Å². The number of aliphatic imine (C=N–C) groups is 1. The zero-order valence-corrected chi connectivity index (χ0v) is 20.0. The Kier molecular flexibility index (Phi) is 12.1. The van der Waals surface area contributed by atoms with E-state index in [-0.39, 0.29) is 54.6 Å². The lowest BCUT2D eigenvalue weighted by molar-refractivity contribution is -0.121. The largest absolute Gasteiger partial charge is 0.491 e. The summed E-state index contributed by atoms with van der Waals surface area (Å²) in [5.41, 5.74) is 0.486. The number of aliphatic hydroxyl groups is 1. The van der Waals surface area contributed by atoms with E-state index in [1.165, 1.54) is 0 Å². The lowest BCUT2D eigenvalue weighted by atomic mass is 10.1. The van der Waals surface area contributed by atoms with Gasteiger partial charge in [-0.25, -0.2) is 4.99 Å². The van der Waals surface area contributed by atoms with Gasteiger partial charge in [0.25, 0.3) is 0 Å². The summed E-state index contributed by atoms with van der Waals surface area (Å²) in [4.78, 5) is 16.2. The van der Waals surface area contributed by atoms with E-state index < -0.39 is 6.10 Å². The Labute approximate surface area is 185 Å². The van der Waals surface area contributed by atoms with Crippen LogP contribution in [0.25, 0.3) is 0 Å². The normalized spacial score (nSPS) is 12.8. The molecule has 1 aromatic rings. The van der Waals surface area contributed by atoms with Crippen LogP contribution < -0.4 is 20.7 Å². The average Bonchev–Trinajstić information content (AvgIpc) is 2.55. The highest BCUT2D eigenvalue weighted by molar-refractivity contribution is 14.0. The molecular weight excluding hydrogens is 471 g/mol. The number of nitrogens with zero attached hydrogens (tertiary/aromatic N) is 1. The van der Waals surface area contributed by atoms with Crippen LogP contribution in [0.5, 0.6) is 5.75 Å².